The quantitative estimate of drug-likeness (QED) is 0.193. The molecule has 3 aromatic heterocycles. The number of fused-ring (bicyclic) bond motifs is 9. The standard InChI is InChI=1S/C44H23N3OS/c45-24-26-7-5-8-28(17-26)29-19-30(32-11-6-12-35-38-18-27(25-46)15-16-43(38)49-44(32)35)21-31(20-29)47-39-13-3-1-9-33(39)36-23-42-37(22-40(36)47)34-10-2-4-14-41(34)48-42/h1-23H. The Bertz CT molecular complexity index is 3090. The first-order chi connectivity index (χ1) is 24.2. The summed E-state index contributed by atoms with van der Waals surface area (Å²) in [6.45, 7) is 0. The van der Waals surface area contributed by atoms with Crippen molar-refractivity contribution < 1.29 is 4.42 Å². The van der Waals surface area contributed by atoms with Crippen LogP contribution in [0.25, 0.3) is 91.9 Å². The lowest BCUT2D eigenvalue weighted by Gasteiger charge is -2.15. The number of nitrogens with zero attached hydrogens (tertiary/aromatic N) is 3. The average Bonchev–Trinajstić information content (AvgIpc) is 3.82. The van der Waals surface area contributed by atoms with Crippen LogP contribution >= 0.6 is 11.3 Å². The van der Waals surface area contributed by atoms with Gasteiger partial charge in [-0.2, -0.15) is 10.5 Å². The van der Waals surface area contributed by atoms with Gasteiger partial charge in [0.15, 0.2) is 0 Å². The van der Waals surface area contributed by atoms with E-state index < -0.39 is 0 Å². The lowest BCUT2D eigenvalue weighted by Crippen LogP contribution is -1.96. The van der Waals surface area contributed by atoms with Crippen molar-refractivity contribution >= 4 is 75.3 Å². The highest BCUT2D eigenvalue weighted by atomic mass is 32.1. The third-order valence-electron chi connectivity index (χ3n) is 9.61. The van der Waals surface area contributed by atoms with Gasteiger partial charge in [0.1, 0.15) is 11.2 Å². The van der Waals surface area contributed by atoms with Crippen molar-refractivity contribution in [3.05, 3.63) is 151 Å². The Hall–Kier alpha value is -6.66. The molecular weight excluding hydrogens is 619 g/mol. The van der Waals surface area contributed by atoms with E-state index in [1.807, 2.05) is 42.5 Å². The Balaban J connectivity index is 1.30. The summed E-state index contributed by atoms with van der Waals surface area (Å²) in [6.07, 6.45) is 0. The zero-order valence-corrected chi connectivity index (χ0v) is 26.8. The van der Waals surface area contributed by atoms with Crippen LogP contribution in [0.3, 0.4) is 0 Å². The molecule has 0 amide bonds. The van der Waals surface area contributed by atoms with Crippen LogP contribution in [0.2, 0.25) is 0 Å². The molecule has 0 N–H and O–H groups in total. The van der Waals surface area contributed by atoms with E-state index in [0.717, 1.165) is 87.2 Å². The summed E-state index contributed by atoms with van der Waals surface area (Å²) in [7, 11) is 0. The van der Waals surface area contributed by atoms with Gasteiger partial charge in [0.25, 0.3) is 0 Å². The average molecular weight is 642 g/mol. The molecule has 0 aliphatic carbocycles. The van der Waals surface area contributed by atoms with Gasteiger partial charge < -0.3 is 8.98 Å². The number of rotatable bonds is 3. The first kappa shape index (κ1) is 27.5. The molecule has 0 saturated carbocycles. The van der Waals surface area contributed by atoms with Crippen LogP contribution < -0.4 is 0 Å². The van der Waals surface area contributed by atoms with E-state index in [1.54, 1.807) is 11.3 Å². The second-order valence-corrected chi connectivity index (χ2v) is 13.4. The topological polar surface area (TPSA) is 65.7 Å². The Morgan fingerprint density at radius 1 is 0.490 bits per heavy atom. The van der Waals surface area contributed by atoms with Gasteiger partial charge in [-0.3, -0.25) is 0 Å². The normalized spacial score (nSPS) is 11.6. The molecule has 0 fully saturated rings. The van der Waals surface area contributed by atoms with Crippen molar-refractivity contribution in [1.29, 1.82) is 10.5 Å². The van der Waals surface area contributed by atoms with Crippen molar-refractivity contribution in [2.24, 2.45) is 0 Å². The molecule has 0 radical (unpaired) electrons. The summed E-state index contributed by atoms with van der Waals surface area (Å²) >= 11 is 1.75. The maximum atomic E-state index is 9.77. The van der Waals surface area contributed by atoms with E-state index in [1.165, 1.54) is 4.70 Å². The monoisotopic (exact) mass is 641 g/mol. The minimum atomic E-state index is 0.621. The van der Waals surface area contributed by atoms with Crippen molar-refractivity contribution in [1.82, 2.24) is 4.57 Å². The van der Waals surface area contributed by atoms with Crippen LogP contribution in [-0.2, 0) is 0 Å². The van der Waals surface area contributed by atoms with E-state index in [2.05, 4.69) is 114 Å². The molecule has 10 aromatic rings. The van der Waals surface area contributed by atoms with Crippen LogP contribution in [0.4, 0.5) is 0 Å². The van der Waals surface area contributed by atoms with Crippen molar-refractivity contribution in [3.8, 4) is 40.1 Å². The summed E-state index contributed by atoms with van der Waals surface area (Å²) in [6, 6.07) is 52.7. The van der Waals surface area contributed by atoms with E-state index in [0.29, 0.717) is 11.1 Å². The largest absolute Gasteiger partial charge is 0.456 e. The van der Waals surface area contributed by atoms with E-state index in [-0.39, 0.29) is 0 Å². The summed E-state index contributed by atoms with van der Waals surface area (Å²) in [5.74, 6) is 0. The molecule has 49 heavy (non-hydrogen) atoms. The fourth-order valence-corrected chi connectivity index (χ4v) is 8.61. The molecule has 10 rings (SSSR count). The highest BCUT2D eigenvalue weighted by molar-refractivity contribution is 7.26. The van der Waals surface area contributed by atoms with Crippen molar-refractivity contribution in [3.63, 3.8) is 0 Å². The highest BCUT2D eigenvalue weighted by Gasteiger charge is 2.19. The number of benzene rings is 7. The van der Waals surface area contributed by atoms with Crippen LogP contribution in [0.1, 0.15) is 11.1 Å². The second-order valence-electron chi connectivity index (χ2n) is 12.4. The smallest absolute Gasteiger partial charge is 0.136 e. The third-order valence-corrected chi connectivity index (χ3v) is 10.8. The molecule has 0 atom stereocenters. The van der Waals surface area contributed by atoms with Crippen LogP contribution in [0.15, 0.2) is 144 Å². The van der Waals surface area contributed by atoms with Gasteiger partial charge >= 0.3 is 0 Å². The Kier molecular flexibility index (Phi) is 5.84. The number of hydrogen-bond acceptors (Lipinski definition) is 4. The fraction of sp³-hybridized carbons (Fsp3) is 0. The van der Waals surface area contributed by atoms with Gasteiger partial charge in [-0.25, -0.2) is 0 Å². The van der Waals surface area contributed by atoms with Gasteiger partial charge in [-0.05, 0) is 95.1 Å². The molecule has 7 aromatic carbocycles. The maximum absolute atomic E-state index is 9.77. The molecule has 4 nitrogen and oxygen atoms in total. The second kappa shape index (κ2) is 10.4. The minimum Gasteiger partial charge on any atom is -0.456 e. The Morgan fingerprint density at radius 2 is 1.27 bits per heavy atom. The summed E-state index contributed by atoms with van der Waals surface area (Å²) in [5, 5.41) is 26.1. The molecule has 0 saturated heterocycles. The first-order valence-electron chi connectivity index (χ1n) is 16.0. The lowest BCUT2D eigenvalue weighted by atomic mass is 9.96. The zero-order chi connectivity index (χ0) is 32.6. The SMILES string of the molecule is N#Cc1cccc(-c2cc(-c3cccc4c3sc3ccc(C#N)cc34)cc(-n3c4ccccc4c4cc5oc6ccccc6c5cc43)c2)c1. The van der Waals surface area contributed by atoms with Crippen molar-refractivity contribution in [2.75, 3.05) is 0 Å². The van der Waals surface area contributed by atoms with Crippen LogP contribution in [0.5, 0.6) is 0 Å². The summed E-state index contributed by atoms with van der Waals surface area (Å²) in [5.41, 5.74) is 10.5. The van der Waals surface area contributed by atoms with Crippen LogP contribution in [0, 0.1) is 22.7 Å². The van der Waals surface area contributed by atoms with Crippen LogP contribution in [-0.4, -0.2) is 4.57 Å². The van der Waals surface area contributed by atoms with Gasteiger partial charge in [0.2, 0.25) is 0 Å². The van der Waals surface area contributed by atoms with E-state index in [9.17, 15) is 10.5 Å². The predicted molar refractivity (Wildman–Crippen MR) is 201 cm³/mol. The highest BCUT2D eigenvalue weighted by Crippen LogP contribution is 2.43. The van der Waals surface area contributed by atoms with E-state index in [4.69, 9.17) is 4.42 Å². The molecule has 0 aliphatic rings. The van der Waals surface area contributed by atoms with Gasteiger partial charge in [-0.15, -0.1) is 11.3 Å². The molecule has 5 heteroatoms. The summed E-state index contributed by atoms with van der Waals surface area (Å²) < 4.78 is 11.0. The first-order valence-corrected chi connectivity index (χ1v) is 16.8. The molecule has 0 unspecified atom stereocenters. The Morgan fingerprint density at radius 3 is 2.16 bits per heavy atom. The predicted octanol–water partition coefficient (Wildman–Crippen LogP) is 12.1. The molecular formula is C44H23N3OS. The number of aromatic nitrogens is 1. The number of para-hydroxylation sites is 2. The summed E-state index contributed by atoms with van der Waals surface area (Å²) in [4.78, 5) is 0. The number of thiophene rings is 1. The third kappa shape index (κ3) is 4.14. The fourth-order valence-electron chi connectivity index (χ4n) is 7.39. The zero-order valence-electron chi connectivity index (χ0n) is 25.9. The molecule has 0 bridgehead atoms. The van der Waals surface area contributed by atoms with Crippen molar-refractivity contribution in [2.45, 2.75) is 0 Å². The lowest BCUT2D eigenvalue weighted by molar-refractivity contribution is 0.669. The van der Waals surface area contributed by atoms with Gasteiger partial charge in [0.05, 0.1) is 34.3 Å². The van der Waals surface area contributed by atoms with Gasteiger partial charge in [-0.1, -0.05) is 66.7 Å². The van der Waals surface area contributed by atoms with Gasteiger partial charge in [0, 0.05) is 47.4 Å². The Labute approximate surface area is 284 Å². The number of nitriles is 2. The molecule has 0 aliphatic heterocycles. The molecule has 3 heterocycles. The molecule has 226 valence electrons. The minimum absolute atomic E-state index is 0.621. The maximum Gasteiger partial charge on any atom is 0.136 e. The van der Waals surface area contributed by atoms with E-state index >= 15 is 0 Å². The number of furan rings is 1. The number of hydrogen-bond donors (Lipinski definition) is 0. The molecule has 0 spiro atoms.